The van der Waals surface area contributed by atoms with Crippen molar-refractivity contribution in [2.24, 2.45) is 5.92 Å². The van der Waals surface area contributed by atoms with Crippen LogP contribution in [0.15, 0.2) is 24.3 Å². The van der Waals surface area contributed by atoms with Gasteiger partial charge in [0.15, 0.2) is 0 Å². The van der Waals surface area contributed by atoms with Crippen molar-refractivity contribution < 1.29 is 19.5 Å². The maximum absolute atomic E-state index is 13.1. The van der Waals surface area contributed by atoms with E-state index in [9.17, 15) is 14.4 Å². The number of amides is 2. The van der Waals surface area contributed by atoms with E-state index in [1.807, 2.05) is 0 Å². The maximum atomic E-state index is 13.1. The highest BCUT2D eigenvalue weighted by Gasteiger charge is 2.29. The summed E-state index contributed by atoms with van der Waals surface area (Å²) in [5, 5.41) is 15.5. The quantitative estimate of drug-likeness (QED) is 0.573. The van der Waals surface area contributed by atoms with Gasteiger partial charge in [0.1, 0.15) is 5.00 Å². The molecule has 8 heteroatoms. The van der Waals surface area contributed by atoms with Gasteiger partial charge in [-0.3, -0.25) is 14.4 Å². The Morgan fingerprint density at radius 3 is 2.55 bits per heavy atom. The summed E-state index contributed by atoms with van der Waals surface area (Å²) in [4.78, 5) is 37.1. The van der Waals surface area contributed by atoms with E-state index in [-0.39, 0.29) is 18.7 Å². The third-order valence-corrected chi connectivity index (χ3v) is 6.51. The number of hydrogen-bond donors (Lipinski definition) is 3. The van der Waals surface area contributed by atoms with E-state index < -0.39 is 11.9 Å². The first-order chi connectivity index (χ1) is 13.9. The molecule has 2 amide bonds. The van der Waals surface area contributed by atoms with Gasteiger partial charge in [0.2, 0.25) is 5.91 Å². The second-order valence-electron chi connectivity index (χ2n) is 7.13. The van der Waals surface area contributed by atoms with Crippen molar-refractivity contribution in [2.75, 3.05) is 10.6 Å². The van der Waals surface area contributed by atoms with E-state index in [0.29, 0.717) is 27.2 Å². The minimum atomic E-state index is -1.03. The number of carbonyl (C=O) groups is 3. The summed E-state index contributed by atoms with van der Waals surface area (Å²) in [5.41, 5.74) is 2.09. The molecular formula is C21H23ClN2O4S. The summed E-state index contributed by atoms with van der Waals surface area (Å²) >= 11 is 7.33. The topological polar surface area (TPSA) is 95.5 Å². The average molecular weight is 435 g/mol. The van der Waals surface area contributed by atoms with Crippen molar-refractivity contribution in [3.63, 3.8) is 0 Å². The molecule has 1 aromatic carbocycles. The second-order valence-corrected chi connectivity index (χ2v) is 8.67. The predicted octanol–water partition coefficient (Wildman–Crippen LogP) is 4.97. The van der Waals surface area contributed by atoms with Gasteiger partial charge in [-0.1, -0.05) is 24.9 Å². The second kappa shape index (κ2) is 9.41. The Morgan fingerprint density at radius 1 is 1.17 bits per heavy atom. The minimum absolute atomic E-state index is 0.131. The van der Waals surface area contributed by atoms with Crippen LogP contribution in [0.25, 0.3) is 0 Å². The predicted molar refractivity (Wildman–Crippen MR) is 115 cm³/mol. The Kier molecular flexibility index (Phi) is 6.92. The van der Waals surface area contributed by atoms with Gasteiger partial charge in [-0.05, 0) is 55.0 Å². The SMILES string of the molecule is CC[C@@H]1CCc2c(sc(NC(=O)CCC(=O)O)c2C(=O)Nc2ccc(Cl)cc2)C1. The standard InChI is InChI=1S/C21H23ClN2O4S/c1-2-12-3-8-15-16(11-12)29-21(24-17(25)9-10-18(26)27)19(15)20(28)23-14-6-4-13(22)5-7-14/h4-7,12H,2-3,8-11H2,1H3,(H,23,28)(H,24,25)(H,26,27)/t12-/m1/s1. The number of fused-ring (bicyclic) bond motifs is 1. The van der Waals surface area contributed by atoms with E-state index in [1.165, 1.54) is 11.3 Å². The van der Waals surface area contributed by atoms with Crippen molar-refractivity contribution in [3.05, 3.63) is 45.3 Å². The first kappa shape index (κ1) is 21.3. The number of anilines is 2. The first-order valence-electron chi connectivity index (χ1n) is 9.60. The molecule has 3 rings (SSSR count). The molecule has 3 N–H and O–H groups in total. The molecule has 0 radical (unpaired) electrons. The molecule has 29 heavy (non-hydrogen) atoms. The van der Waals surface area contributed by atoms with E-state index in [4.69, 9.17) is 16.7 Å². The number of thiophene rings is 1. The number of hydrogen-bond acceptors (Lipinski definition) is 4. The van der Waals surface area contributed by atoms with Gasteiger partial charge in [-0.2, -0.15) is 0 Å². The lowest BCUT2D eigenvalue weighted by molar-refractivity contribution is -0.138. The molecule has 0 saturated carbocycles. The molecule has 1 aliphatic carbocycles. The van der Waals surface area contributed by atoms with Crippen LogP contribution in [-0.4, -0.2) is 22.9 Å². The van der Waals surface area contributed by atoms with Gasteiger partial charge in [-0.25, -0.2) is 0 Å². The minimum Gasteiger partial charge on any atom is -0.481 e. The van der Waals surface area contributed by atoms with Crippen LogP contribution in [0.1, 0.15) is 53.4 Å². The lowest BCUT2D eigenvalue weighted by atomic mass is 9.85. The summed E-state index contributed by atoms with van der Waals surface area (Å²) in [6.45, 7) is 2.16. The third kappa shape index (κ3) is 5.36. The molecule has 0 spiro atoms. The number of halogens is 1. The van der Waals surface area contributed by atoms with Crippen LogP contribution in [-0.2, 0) is 22.4 Å². The highest BCUT2D eigenvalue weighted by Crippen LogP contribution is 2.41. The number of rotatable bonds is 7. The van der Waals surface area contributed by atoms with Crippen LogP contribution in [0.4, 0.5) is 10.7 Å². The number of benzene rings is 1. The summed E-state index contributed by atoms with van der Waals surface area (Å²) in [6, 6.07) is 6.83. The van der Waals surface area contributed by atoms with E-state index >= 15 is 0 Å². The van der Waals surface area contributed by atoms with Gasteiger partial charge < -0.3 is 15.7 Å². The van der Waals surface area contributed by atoms with Gasteiger partial charge in [0.05, 0.1) is 12.0 Å². The number of nitrogens with one attached hydrogen (secondary N) is 2. The smallest absolute Gasteiger partial charge is 0.303 e. The molecule has 0 saturated heterocycles. The Morgan fingerprint density at radius 2 is 1.90 bits per heavy atom. The lowest BCUT2D eigenvalue weighted by Crippen LogP contribution is -2.20. The number of carbonyl (C=O) groups excluding carboxylic acids is 2. The zero-order chi connectivity index (χ0) is 21.0. The Hall–Kier alpha value is -2.38. The Labute approximate surface area is 178 Å². The summed E-state index contributed by atoms with van der Waals surface area (Å²) in [6.07, 6.45) is 3.38. The average Bonchev–Trinajstić information content (AvgIpc) is 3.04. The molecule has 1 heterocycles. The zero-order valence-corrected chi connectivity index (χ0v) is 17.7. The monoisotopic (exact) mass is 434 g/mol. The van der Waals surface area contributed by atoms with Crippen LogP contribution >= 0.6 is 22.9 Å². The molecule has 0 unspecified atom stereocenters. The van der Waals surface area contributed by atoms with E-state index in [2.05, 4.69) is 17.6 Å². The molecule has 154 valence electrons. The molecule has 0 aliphatic heterocycles. The van der Waals surface area contributed by atoms with Crippen LogP contribution in [0.3, 0.4) is 0 Å². The van der Waals surface area contributed by atoms with Crippen LogP contribution in [0.5, 0.6) is 0 Å². The van der Waals surface area contributed by atoms with Gasteiger partial charge in [0, 0.05) is 22.0 Å². The number of carboxylic acids is 1. The van der Waals surface area contributed by atoms with Crippen molar-refractivity contribution in [1.29, 1.82) is 0 Å². The molecule has 0 fully saturated rings. The fourth-order valence-electron chi connectivity index (χ4n) is 3.47. The third-order valence-electron chi connectivity index (χ3n) is 5.09. The van der Waals surface area contributed by atoms with Crippen molar-refractivity contribution in [1.82, 2.24) is 0 Å². The first-order valence-corrected chi connectivity index (χ1v) is 10.8. The van der Waals surface area contributed by atoms with Gasteiger partial charge in [-0.15, -0.1) is 11.3 Å². The molecule has 1 aliphatic rings. The summed E-state index contributed by atoms with van der Waals surface area (Å²) < 4.78 is 0. The number of carboxylic acid groups (broad SMARTS) is 1. The van der Waals surface area contributed by atoms with Crippen molar-refractivity contribution >= 4 is 51.4 Å². The van der Waals surface area contributed by atoms with E-state index in [0.717, 1.165) is 36.1 Å². The molecule has 2 aromatic rings. The fourth-order valence-corrected chi connectivity index (χ4v) is 4.97. The van der Waals surface area contributed by atoms with Crippen molar-refractivity contribution in [3.8, 4) is 0 Å². The van der Waals surface area contributed by atoms with Gasteiger partial charge in [0.25, 0.3) is 5.91 Å². The Bertz CT molecular complexity index is 924. The highest BCUT2D eigenvalue weighted by molar-refractivity contribution is 7.17. The molecule has 1 aromatic heterocycles. The van der Waals surface area contributed by atoms with Crippen LogP contribution in [0, 0.1) is 5.92 Å². The zero-order valence-electron chi connectivity index (χ0n) is 16.1. The lowest BCUT2D eigenvalue weighted by Gasteiger charge is -2.21. The van der Waals surface area contributed by atoms with Crippen LogP contribution in [0.2, 0.25) is 5.02 Å². The summed E-state index contributed by atoms with van der Waals surface area (Å²) in [7, 11) is 0. The summed E-state index contributed by atoms with van der Waals surface area (Å²) in [5.74, 6) is -1.15. The highest BCUT2D eigenvalue weighted by atomic mass is 35.5. The largest absolute Gasteiger partial charge is 0.481 e. The molecule has 0 bridgehead atoms. The maximum Gasteiger partial charge on any atom is 0.303 e. The van der Waals surface area contributed by atoms with Crippen LogP contribution < -0.4 is 10.6 Å². The Balaban J connectivity index is 1.87. The molecular weight excluding hydrogens is 412 g/mol. The van der Waals surface area contributed by atoms with Crippen molar-refractivity contribution in [2.45, 2.75) is 45.4 Å². The molecule has 1 atom stereocenters. The number of aliphatic carboxylic acids is 1. The normalized spacial score (nSPS) is 15.4. The molecule has 6 nitrogen and oxygen atoms in total. The fraction of sp³-hybridized carbons (Fsp3) is 0.381. The van der Waals surface area contributed by atoms with E-state index in [1.54, 1.807) is 24.3 Å². The van der Waals surface area contributed by atoms with Gasteiger partial charge >= 0.3 is 5.97 Å².